The van der Waals surface area contributed by atoms with Gasteiger partial charge in [0.25, 0.3) is 0 Å². The third-order valence-corrected chi connectivity index (χ3v) is 3.82. The minimum absolute atomic E-state index is 0.0714. The smallest absolute Gasteiger partial charge is 0.387 e. The Bertz CT molecular complexity index is 622. The lowest BCUT2D eigenvalue weighted by molar-refractivity contribution is -0.0498. The van der Waals surface area contributed by atoms with E-state index in [0.717, 1.165) is 10.0 Å². The fraction of sp³-hybridized carbons (Fsp3) is 0.200. The molecule has 2 aromatic rings. The van der Waals surface area contributed by atoms with Gasteiger partial charge >= 0.3 is 6.61 Å². The Hall–Kier alpha value is -1.33. The van der Waals surface area contributed by atoms with Crippen molar-refractivity contribution in [1.29, 1.82) is 0 Å². The predicted molar refractivity (Wildman–Crippen MR) is 81.5 cm³/mol. The highest BCUT2D eigenvalue weighted by Crippen LogP contribution is 2.37. The van der Waals surface area contributed by atoms with Gasteiger partial charge in [0.2, 0.25) is 0 Å². The van der Waals surface area contributed by atoms with E-state index in [1.54, 1.807) is 25.3 Å². The van der Waals surface area contributed by atoms with Gasteiger partial charge in [0, 0.05) is 10.0 Å². The van der Waals surface area contributed by atoms with Gasteiger partial charge in [-0.15, -0.1) is 11.6 Å². The third kappa shape index (κ3) is 4.08. The van der Waals surface area contributed by atoms with E-state index in [4.69, 9.17) is 16.3 Å². The number of benzene rings is 2. The number of ether oxygens (including phenoxy) is 2. The first kappa shape index (κ1) is 16.0. The van der Waals surface area contributed by atoms with Crippen molar-refractivity contribution >= 4 is 27.5 Å². The van der Waals surface area contributed by atoms with Crippen molar-refractivity contribution in [2.24, 2.45) is 0 Å². The summed E-state index contributed by atoms with van der Waals surface area (Å²) in [6.07, 6.45) is 0. The number of methoxy groups -OCH3 is 1. The van der Waals surface area contributed by atoms with Crippen LogP contribution in [-0.2, 0) is 0 Å². The molecule has 0 amide bonds. The zero-order valence-electron chi connectivity index (χ0n) is 11.0. The van der Waals surface area contributed by atoms with Gasteiger partial charge in [-0.05, 0) is 35.9 Å². The molecule has 0 aliphatic heterocycles. The van der Waals surface area contributed by atoms with Gasteiger partial charge in [-0.2, -0.15) is 8.78 Å². The van der Waals surface area contributed by atoms with E-state index in [9.17, 15) is 8.78 Å². The van der Waals surface area contributed by atoms with Crippen LogP contribution in [0.3, 0.4) is 0 Å². The van der Waals surface area contributed by atoms with Crippen LogP contribution in [0.4, 0.5) is 8.78 Å². The van der Waals surface area contributed by atoms with E-state index >= 15 is 0 Å². The van der Waals surface area contributed by atoms with Crippen molar-refractivity contribution in [2.45, 2.75) is 12.0 Å². The molecule has 0 saturated carbocycles. The van der Waals surface area contributed by atoms with Crippen molar-refractivity contribution in [3.8, 4) is 11.5 Å². The van der Waals surface area contributed by atoms with E-state index in [0.29, 0.717) is 11.3 Å². The minimum Gasteiger partial charge on any atom is -0.496 e. The molecule has 21 heavy (non-hydrogen) atoms. The fourth-order valence-electron chi connectivity index (χ4n) is 1.93. The normalized spacial score (nSPS) is 12.3. The van der Waals surface area contributed by atoms with E-state index in [-0.39, 0.29) is 5.75 Å². The Morgan fingerprint density at radius 2 is 1.90 bits per heavy atom. The molecule has 2 rings (SSSR count). The first-order valence-corrected chi connectivity index (χ1v) is 7.26. The Kier molecular flexibility index (Phi) is 5.42. The second-order valence-electron chi connectivity index (χ2n) is 4.20. The van der Waals surface area contributed by atoms with Crippen molar-refractivity contribution in [3.05, 3.63) is 58.1 Å². The second-order valence-corrected chi connectivity index (χ2v) is 5.55. The molecule has 0 aromatic heterocycles. The molecular weight excluding hydrogens is 366 g/mol. The molecule has 0 radical (unpaired) electrons. The molecular formula is C15H12BrClF2O2. The van der Waals surface area contributed by atoms with Crippen LogP contribution in [0, 0.1) is 0 Å². The summed E-state index contributed by atoms with van der Waals surface area (Å²) >= 11 is 9.83. The van der Waals surface area contributed by atoms with Crippen LogP contribution in [0.15, 0.2) is 46.9 Å². The molecule has 0 N–H and O–H groups in total. The summed E-state index contributed by atoms with van der Waals surface area (Å²) < 4.78 is 35.1. The Morgan fingerprint density at radius 3 is 2.57 bits per heavy atom. The van der Waals surface area contributed by atoms with Crippen molar-refractivity contribution in [2.75, 3.05) is 7.11 Å². The first-order chi connectivity index (χ1) is 10.0. The number of halogens is 4. The molecule has 0 bridgehead atoms. The monoisotopic (exact) mass is 376 g/mol. The highest BCUT2D eigenvalue weighted by molar-refractivity contribution is 9.10. The zero-order chi connectivity index (χ0) is 15.4. The van der Waals surface area contributed by atoms with Crippen molar-refractivity contribution in [1.82, 2.24) is 0 Å². The fourth-order valence-corrected chi connectivity index (χ4v) is 2.62. The Balaban J connectivity index is 2.35. The average Bonchev–Trinajstić information content (AvgIpc) is 2.46. The van der Waals surface area contributed by atoms with Gasteiger partial charge in [-0.25, -0.2) is 0 Å². The van der Waals surface area contributed by atoms with Crippen molar-refractivity contribution in [3.63, 3.8) is 0 Å². The highest BCUT2D eigenvalue weighted by atomic mass is 79.9. The van der Waals surface area contributed by atoms with Crippen LogP contribution < -0.4 is 9.47 Å². The molecule has 0 aliphatic rings. The zero-order valence-corrected chi connectivity index (χ0v) is 13.4. The van der Waals surface area contributed by atoms with Crippen LogP contribution in [0.5, 0.6) is 11.5 Å². The van der Waals surface area contributed by atoms with E-state index < -0.39 is 12.0 Å². The summed E-state index contributed by atoms with van der Waals surface area (Å²) in [6, 6.07) is 11.8. The summed E-state index contributed by atoms with van der Waals surface area (Å²) in [6.45, 7) is -2.87. The lowest BCUT2D eigenvalue weighted by Gasteiger charge is -2.16. The number of rotatable bonds is 5. The molecule has 0 aliphatic carbocycles. The van der Waals surface area contributed by atoms with Crippen LogP contribution >= 0.6 is 27.5 Å². The van der Waals surface area contributed by atoms with Gasteiger partial charge in [0.15, 0.2) is 0 Å². The molecule has 2 nitrogen and oxygen atoms in total. The number of hydrogen-bond acceptors (Lipinski definition) is 2. The lowest BCUT2D eigenvalue weighted by Crippen LogP contribution is -2.03. The maximum Gasteiger partial charge on any atom is 0.387 e. The predicted octanol–water partition coefficient (Wildman–Crippen LogP) is 5.39. The van der Waals surface area contributed by atoms with Gasteiger partial charge in [0.05, 0.1) is 12.5 Å². The first-order valence-electron chi connectivity index (χ1n) is 6.03. The highest BCUT2D eigenvalue weighted by Gasteiger charge is 2.17. The maximum absolute atomic E-state index is 12.3. The van der Waals surface area contributed by atoms with E-state index in [1.807, 2.05) is 12.1 Å². The SMILES string of the molecule is COc1ccc(Br)cc1C(Cl)c1cccc(OC(F)F)c1. The van der Waals surface area contributed by atoms with E-state index in [1.165, 1.54) is 12.1 Å². The molecule has 1 atom stereocenters. The summed E-state index contributed by atoms with van der Waals surface area (Å²) in [4.78, 5) is 0. The lowest BCUT2D eigenvalue weighted by atomic mass is 10.0. The quantitative estimate of drug-likeness (QED) is 0.651. The topological polar surface area (TPSA) is 18.5 Å². The maximum atomic E-state index is 12.3. The molecule has 6 heteroatoms. The molecule has 2 aromatic carbocycles. The standard InChI is InChI=1S/C15H12BrClF2O2/c1-20-13-6-5-10(16)8-12(13)14(17)9-3-2-4-11(7-9)21-15(18)19/h2-8,14-15H,1H3. The number of hydrogen-bond donors (Lipinski definition) is 0. The minimum atomic E-state index is -2.87. The third-order valence-electron chi connectivity index (χ3n) is 2.84. The Labute approximate surface area is 134 Å². The van der Waals surface area contributed by atoms with Crippen LogP contribution in [0.2, 0.25) is 0 Å². The molecule has 112 valence electrons. The van der Waals surface area contributed by atoms with Gasteiger partial charge in [0.1, 0.15) is 11.5 Å². The number of alkyl halides is 3. The van der Waals surface area contributed by atoms with Gasteiger partial charge < -0.3 is 9.47 Å². The molecule has 0 fully saturated rings. The molecule has 0 spiro atoms. The molecule has 0 heterocycles. The summed E-state index contributed by atoms with van der Waals surface area (Å²) in [7, 11) is 1.55. The van der Waals surface area contributed by atoms with Gasteiger partial charge in [-0.3, -0.25) is 0 Å². The largest absolute Gasteiger partial charge is 0.496 e. The van der Waals surface area contributed by atoms with Gasteiger partial charge in [-0.1, -0.05) is 28.1 Å². The molecule has 0 saturated heterocycles. The average molecular weight is 378 g/mol. The molecule has 1 unspecified atom stereocenters. The summed E-state index contributed by atoms with van der Waals surface area (Å²) in [5.74, 6) is 0.695. The summed E-state index contributed by atoms with van der Waals surface area (Å²) in [5.41, 5.74) is 1.38. The van der Waals surface area contributed by atoms with Crippen LogP contribution in [0.25, 0.3) is 0 Å². The summed E-state index contributed by atoms with van der Waals surface area (Å²) in [5, 5.41) is -0.543. The Morgan fingerprint density at radius 1 is 1.14 bits per heavy atom. The van der Waals surface area contributed by atoms with Crippen molar-refractivity contribution < 1.29 is 18.3 Å². The second kappa shape index (κ2) is 7.09. The van der Waals surface area contributed by atoms with E-state index in [2.05, 4.69) is 20.7 Å². The van der Waals surface area contributed by atoms with Crippen LogP contribution in [0.1, 0.15) is 16.5 Å². The van der Waals surface area contributed by atoms with Crippen LogP contribution in [-0.4, -0.2) is 13.7 Å².